The van der Waals surface area contributed by atoms with E-state index in [1.54, 1.807) is 18.2 Å². The zero-order chi connectivity index (χ0) is 37.9. The highest BCUT2D eigenvalue weighted by atomic mass is 35.5. The molecule has 4 heterocycles. The van der Waals surface area contributed by atoms with Gasteiger partial charge in [-0.3, -0.25) is 9.48 Å². The van der Waals surface area contributed by atoms with Crippen molar-refractivity contribution in [3.8, 4) is 16.9 Å². The van der Waals surface area contributed by atoms with Crippen molar-refractivity contribution in [2.24, 2.45) is 7.05 Å². The monoisotopic (exact) mass is 755 g/mol. The van der Waals surface area contributed by atoms with Crippen LogP contribution in [0.25, 0.3) is 32.9 Å². The first-order chi connectivity index (χ1) is 25.3. The number of anilines is 1. The number of hydrogen-bond acceptors (Lipinski definition) is 5. The molecule has 276 valence electrons. The second-order valence-electron chi connectivity index (χ2n) is 14.0. The van der Waals surface area contributed by atoms with E-state index in [0.717, 1.165) is 66.4 Å². The number of aryl methyl sites for hydroxylation is 5. The van der Waals surface area contributed by atoms with E-state index in [9.17, 15) is 9.90 Å². The number of halogens is 2. The van der Waals surface area contributed by atoms with Gasteiger partial charge in [0.25, 0.3) is 5.91 Å². The van der Waals surface area contributed by atoms with E-state index in [4.69, 9.17) is 37.8 Å². The lowest BCUT2D eigenvalue weighted by atomic mass is 9.98. The number of carboxylic acids is 1. The molecule has 0 radical (unpaired) electrons. The lowest BCUT2D eigenvalue weighted by molar-refractivity contribution is 0.0698. The van der Waals surface area contributed by atoms with E-state index in [1.165, 1.54) is 0 Å². The van der Waals surface area contributed by atoms with Gasteiger partial charge in [0.2, 0.25) is 0 Å². The Hall–Kier alpha value is -4.77. The van der Waals surface area contributed by atoms with Crippen LogP contribution in [0, 0.1) is 27.7 Å². The molecule has 0 bridgehead atoms. The Balaban J connectivity index is 1.38. The second kappa shape index (κ2) is 14.2. The van der Waals surface area contributed by atoms with Crippen molar-refractivity contribution in [3.05, 3.63) is 98.0 Å². The predicted octanol–water partition coefficient (Wildman–Crippen LogP) is 9.11. The van der Waals surface area contributed by atoms with E-state index in [1.807, 2.05) is 86.5 Å². The van der Waals surface area contributed by atoms with Gasteiger partial charge in [0.1, 0.15) is 11.4 Å². The molecule has 1 aliphatic rings. The highest BCUT2D eigenvalue weighted by Crippen LogP contribution is 2.46. The zero-order valence-electron chi connectivity index (χ0n) is 31.0. The predicted molar refractivity (Wildman–Crippen MR) is 211 cm³/mol. The lowest BCUT2D eigenvalue weighted by Gasteiger charge is -2.35. The third-order valence-corrected chi connectivity index (χ3v) is 11.4. The molecule has 0 unspecified atom stereocenters. The maximum absolute atomic E-state index is 15.1. The summed E-state index contributed by atoms with van der Waals surface area (Å²) in [5.74, 6) is -0.506. The smallest absolute Gasteiger partial charge is 0.337 e. The first kappa shape index (κ1) is 36.6. The number of carbonyl (C=O) groups is 2. The van der Waals surface area contributed by atoms with Gasteiger partial charge in [-0.05, 0) is 94.5 Å². The summed E-state index contributed by atoms with van der Waals surface area (Å²) in [4.78, 5) is 29.5. The van der Waals surface area contributed by atoms with Crippen LogP contribution in [0.15, 0.2) is 48.7 Å². The van der Waals surface area contributed by atoms with Gasteiger partial charge in [0.05, 0.1) is 46.2 Å². The highest BCUT2D eigenvalue weighted by molar-refractivity contribution is 6.35. The number of benzene rings is 3. The van der Waals surface area contributed by atoms with E-state index in [0.29, 0.717) is 60.9 Å². The molecule has 0 aliphatic carbocycles. The largest absolute Gasteiger partial charge is 0.494 e. The van der Waals surface area contributed by atoms with Crippen LogP contribution in [0.3, 0.4) is 0 Å². The first-order valence-corrected chi connectivity index (χ1v) is 18.5. The second-order valence-corrected chi connectivity index (χ2v) is 14.8. The molecule has 0 fully saturated rings. The fraction of sp³-hybridized carbons (Fsp3) is 0.341. The number of carboxylic acid groups (broad SMARTS) is 1. The van der Waals surface area contributed by atoms with Crippen LogP contribution < -0.4 is 9.64 Å². The molecule has 1 atom stereocenters. The Morgan fingerprint density at radius 3 is 2.43 bits per heavy atom. The molecule has 0 spiro atoms. The van der Waals surface area contributed by atoms with Crippen LogP contribution in [-0.2, 0) is 24.8 Å². The van der Waals surface area contributed by atoms with Crippen LogP contribution in [0.4, 0.5) is 5.69 Å². The number of rotatable bonds is 11. The standard InChI is InChI=1S/C41H43Cl2N5O5/c1-22-18-27(19-23(2)37(22)43)53-16-9-10-28-29-13-14-31(42)36(34-25(4)44-45(6)26(34)5)38(29)48-24(3)20-47(40(49)39(28)48)33-12-8-11-32-35(33)30(41(50)51)21-46(32)15-17-52-7/h8,11-14,18-19,21,24H,9-10,15-17,20H2,1-7H3,(H,50,51)/t24-/m1/s1. The quantitative estimate of drug-likeness (QED) is 0.132. The van der Waals surface area contributed by atoms with Crippen molar-refractivity contribution in [1.82, 2.24) is 18.9 Å². The molecule has 1 N–H and O–H groups in total. The van der Waals surface area contributed by atoms with Gasteiger partial charge in [-0.1, -0.05) is 35.3 Å². The summed E-state index contributed by atoms with van der Waals surface area (Å²) < 4.78 is 17.4. The number of ether oxygens (including phenoxy) is 2. The summed E-state index contributed by atoms with van der Waals surface area (Å²) in [6, 6.07) is 13.2. The van der Waals surface area contributed by atoms with Crippen molar-refractivity contribution in [2.75, 3.05) is 31.8 Å². The van der Waals surface area contributed by atoms with Crippen molar-refractivity contribution < 1.29 is 24.2 Å². The number of carbonyl (C=O) groups excluding carboxylic acids is 1. The fourth-order valence-corrected chi connectivity index (χ4v) is 8.39. The van der Waals surface area contributed by atoms with Gasteiger partial charge in [-0.25, -0.2) is 4.79 Å². The van der Waals surface area contributed by atoms with E-state index >= 15 is 4.79 Å². The fourth-order valence-electron chi connectivity index (χ4n) is 8.03. The van der Waals surface area contributed by atoms with E-state index < -0.39 is 5.97 Å². The lowest BCUT2D eigenvalue weighted by Crippen LogP contribution is -2.42. The van der Waals surface area contributed by atoms with Crippen LogP contribution >= 0.6 is 23.2 Å². The average molecular weight is 757 g/mol. The molecular formula is C41H43Cl2N5O5. The summed E-state index contributed by atoms with van der Waals surface area (Å²) in [6.07, 6.45) is 2.82. The molecule has 1 aliphatic heterocycles. The number of aromatic carboxylic acids is 1. The normalized spacial score (nSPS) is 14.5. The Bertz CT molecular complexity index is 2420. The van der Waals surface area contributed by atoms with Crippen LogP contribution in [0.5, 0.6) is 5.75 Å². The summed E-state index contributed by atoms with van der Waals surface area (Å²) in [7, 11) is 3.53. The van der Waals surface area contributed by atoms with Crippen molar-refractivity contribution in [1.29, 1.82) is 0 Å². The summed E-state index contributed by atoms with van der Waals surface area (Å²) in [5, 5.41) is 17.8. The molecule has 6 aromatic rings. The topological polar surface area (TPSA) is 104 Å². The van der Waals surface area contributed by atoms with Crippen LogP contribution in [0.2, 0.25) is 10.0 Å². The molecule has 3 aromatic heterocycles. The molecule has 0 saturated heterocycles. The minimum Gasteiger partial charge on any atom is -0.494 e. The molecule has 12 heteroatoms. The maximum Gasteiger partial charge on any atom is 0.337 e. The van der Waals surface area contributed by atoms with Gasteiger partial charge >= 0.3 is 5.97 Å². The number of nitrogens with zero attached hydrogens (tertiary/aromatic N) is 5. The van der Waals surface area contributed by atoms with Gasteiger partial charge in [0.15, 0.2) is 0 Å². The number of fused-ring (bicyclic) bond motifs is 4. The van der Waals surface area contributed by atoms with Gasteiger partial charge in [0, 0.05) is 72.1 Å². The molecular weight excluding hydrogens is 713 g/mol. The van der Waals surface area contributed by atoms with Crippen LogP contribution in [-0.4, -0.2) is 62.8 Å². The highest BCUT2D eigenvalue weighted by Gasteiger charge is 2.38. The zero-order valence-corrected chi connectivity index (χ0v) is 32.5. The van der Waals surface area contributed by atoms with Gasteiger partial charge in [-0.15, -0.1) is 0 Å². The molecule has 10 nitrogen and oxygen atoms in total. The summed E-state index contributed by atoms with van der Waals surface area (Å²) in [5.41, 5.74) is 9.30. The third-order valence-electron chi connectivity index (χ3n) is 10.5. The Morgan fingerprint density at radius 2 is 1.77 bits per heavy atom. The van der Waals surface area contributed by atoms with Crippen molar-refractivity contribution in [2.45, 2.75) is 60.0 Å². The minimum atomic E-state index is -1.06. The SMILES string of the molecule is COCCn1cc(C(=O)O)c2c(N3C[C@@H](C)n4c(c(CCCOc5cc(C)c(Cl)c(C)c5)c5ccc(Cl)c(-c6c(C)nn(C)c6C)c54)C3=O)cccc21. The third kappa shape index (κ3) is 6.16. The Labute approximate surface area is 318 Å². The molecule has 7 rings (SSSR count). The first-order valence-electron chi connectivity index (χ1n) is 17.7. The molecule has 53 heavy (non-hydrogen) atoms. The van der Waals surface area contributed by atoms with E-state index in [2.05, 4.69) is 11.5 Å². The molecule has 0 saturated carbocycles. The molecule has 3 aromatic carbocycles. The van der Waals surface area contributed by atoms with Crippen molar-refractivity contribution >= 4 is 62.6 Å². The summed E-state index contributed by atoms with van der Waals surface area (Å²) >= 11 is 13.5. The Kier molecular flexibility index (Phi) is 9.82. The van der Waals surface area contributed by atoms with Gasteiger partial charge in [-0.2, -0.15) is 5.10 Å². The Morgan fingerprint density at radius 1 is 1.04 bits per heavy atom. The molecule has 1 amide bonds. The number of methoxy groups -OCH3 is 1. The van der Waals surface area contributed by atoms with Crippen molar-refractivity contribution in [3.63, 3.8) is 0 Å². The maximum atomic E-state index is 15.1. The minimum absolute atomic E-state index is 0.139. The number of aromatic nitrogens is 4. The van der Waals surface area contributed by atoms with Gasteiger partial charge < -0.3 is 28.6 Å². The summed E-state index contributed by atoms with van der Waals surface area (Å²) in [6.45, 7) is 11.7. The van der Waals surface area contributed by atoms with E-state index in [-0.39, 0.29) is 17.5 Å². The average Bonchev–Trinajstić information content (AvgIpc) is 3.75. The van der Waals surface area contributed by atoms with Crippen LogP contribution in [0.1, 0.15) is 68.3 Å². The number of amides is 1. The number of hydrogen-bond donors (Lipinski definition) is 1.